The Hall–Kier alpha value is -1.69. The summed E-state index contributed by atoms with van der Waals surface area (Å²) in [5.41, 5.74) is 0.666. The molecule has 2 rings (SSSR count). The van der Waals surface area contributed by atoms with Crippen molar-refractivity contribution in [3.8, 4) is 0 Å². The normalized spacial score (nSPS) is 19.6. The Kier molecular flexibility index (Phi) is 3.23. The van der Waals surface area contributed by atoms with Crippen molar-refractivity contribution in [2.24, 2.45) is 5.92 Å². The molecular formula is C11H15N3O3. The maximum absolute atomic E-state index is 10.7. The van der Waals surface area contributed by atoms with E-state index in [-0.39, 0.29) is 18.2 Å². The van der Waals surface area contributed by atoms with Crippen molar-refractivity contribution in [2.45, 2.75) is 13.3 Å². The van der Waals surface area contributed by atoms with E-state index in [1.54, 1.807) is 13.0 Å². The smallest absolute Gasteiger partial charge is 0.290 e. The number of hydrogen-bond acceptors (Lipinski definition) is 5. The molecule has 1 fully saturated rings. The van der Waals surface area contributed by atoms with E-state index in [9.17, 15) is 10.1 Å². The van der Waals surface area contributed by atoms with Crippen LogP contribution in [0.25, 0.3) is 0 Å². The number of aliphatic hydroxyl groups is 1. The van der Waals surface area contributed by atoms with Crippen LogP contribution in [0.4, 0.5) is 11.5 Å². The van der Waals surface area contributed by atoms with Gasteiger partial charge in [0.1, 0.15) is 12.0 Å². The molecule has 0 radical (unpaired) electrons. The lowest BCUT2D eigenvalue weighted by Crippen LogP contribution is -2.21. The van der Waals surface area contributed by atoms with Crippen molar-refractivity contribution >= 4 is 11.5 Å². The Morgan fingerprint density at radius 3 is 3.00 bits per heavy atom. The molecule has 0 spiro atoms. The number of nitrogens with zero attached hydrogens (tertiary/aromatic N) is 3. The highest BCUT2D eigenvalue weighted by atomic mass is 16.6. The summed E-state index contributed by atoms with van der Waals surface area (Å²) in [7, 11) is 0. The topological polar surface area (TPSA) is 79.5 Å². The monoisotopic (exact) mass is 237 g/mol. The van der Waals surface area contributed by atoms with Crippen LogP contribution in [-0.2, 0) is 0 Å². The summed E-state index contributed by atoms with van der Waals surface area (Å²) in [6.07, 6.45) is 2.24. The third-order valence-corrected chi connectivity index (χ3v) is 3.13. The van der Waals surface area contributed by atoms with E-state index >= 15 is 0 Å². The van der Waals surface area contributed by atoms with Crippen LogP contribution in [0.1, 0.15) is 12.0 Å². The zero-order valence-electron chi connectivity index (χ0n) is 9.67. The fourth-order valence-corrected chi connectivity index (χ4v) is 2.09. The molecule has 6 nitrogen and oxygen atoms in total. The Labute approximate surface area is 99.0 Å². The van der Waals surface area contributed by atoms with Gasteiger partial charge in [-0.15, -0.1) is 0 Å². The van der Waals surface area contributed by atoms with Gasteiger partial charge in [-0.05, 0) is 19.4 Å². The quantitative estimate of drug-likeness (QED) is 0.629. The minimum absolute atomic E-state index is 0.0478. The van der Waals surface area contributed by atoms with Crippen molar-refractivity contribution in [1.82, 2.24) is 4.98 Å². The molecule has 2 heterocycles. The number of rotatable bonds is 3. The molecule has 1 saturated heterocycles. The third kappa shape index (κ3) is 2.36. The Morgan fingerprint density at radius 1 is 1.71 bits per heavy atom. The number of pyridine rings is 1. The summed E-state index contributed by atoms with van der Waals surface area (Å²) in [5.74, 6) is 1.04. The number of aryl methyl sites for hydroxylation is 1. The fourth-order valence-electron chi connectivity index (χ4n) is 2.09. The zero-order valence-corrected chi connectivity index (χ0v) is 9.67. The molecule has 1 atom stereocenters. The fraction of sp³-hybridized carbons (Fsp3) is 0.545. The van der Waals surface area contributed by atoms with Gasteiger partial charge < -0.3 is 10.0 Å². The van der Waals surface area contributed by atoms with Crippen molar-refractivity contribution in [2.75, 3.05) is 24.6 Å². The van der Waals surface area contributed by atoms with Gasteiger partial charge in [-0.2, -0.15) is 0 Å². The molecule has 1 aromatic rings. The molecule has 0 aliphatic carbocycles. The lowest BCUT2D eigenvalue weighted by Gasteiger charge is -2.17. The van der Waals surface area contributed by atoms with E-state index in [4.69, 9.17) is 5.11 Å². The maximum atomic E-state index is 10.7. The molecule has 1 aliphatic heterocycles. The van der Waals surface area contributed by atoms with Gasteiger partial charge in [0.2, 0.25) is 0 Å². The largest absolute Gasteiger partial charge is 0.396 e. The first-order valence-corrected chi connectivity index (χ1v) is 5.58. The Balaban J connectivity index is 2.18. The first-order chi connectivity index (χ1) is 8.11. The summed E-state index contributed by atoms with van der Waals surface area (Å²) in [4.78, 5) is 16.4. The second-order valence-corrected chi connectivity index (χ2v) is 4.37. The van der Waals surface area contributed by atoms with Crippen LogP contribution in [0.3, 0.4) is 0 Å². The first-order valence-electron chi connectivity index (χ1n) is 5.58. The van der Waals surface area contributed by atoms with Crippen LogP contribution in [0.2, 0.25) is 0 Å². The second kappa shape index (κ2) is 4.67. The van der Waals surface area contributed by atoms with Gasteiger partial charge in [0.05, 0.1) is 4.92 Å². The van der Waals surface area contributed by atoms with E-state index in [2.05, 4.69) is 9.88 Å². The van der Waals surface area contributed by atoms with Gasteiger partial charge in [-0.3, -0.25) is 10.1 Å². The standard InChI is InChI=1S/C11H15N3O3/c1-8-4-11(12-5-10(8)14(16)17)13-3-2-9(6-13)7-15/h4-5,9,15H,2-3,6-7H2,1H3. The Bertz CT molecular complexity index is 436. The molecule has 92 valence electrons. The summed E-state index contributed by atoms with van der Waals surface area (Å²) < 4.78 is 0. The minimum Gasteiger partial charge on any atom is -0.396 e. The molecule has 6 heteroatoms. The van der Waals surface area contributed by atoms with Crippen molar-refractivity contribution < 1.29 is 10.0 Å². The highest BCUT2D eigenvalue weighted by molar-refractivity contribution is 5.49. The first kappa shape index (κ1) is 11.8. The van der Waals surface area contributed by atoms with E-state index < -0.39 is 4.92 Å². The molecule has 0 saturated carbocycles. The summed E-state index contributed by atoms with van der Waals surface area (Å²) in [6, 6.07) is 1.73. The number of hydrogen-bond donors (Lipinski definition) is 1. The second-order valence-electron chi connectivity index (χ2n) is 4.37. The molecule has 1 aliphatic rings. The van der Waals surface area contributed by atoms with Crippen LogP contribution in [0.5, 0.6) is 0 Å². The lowest BCUT2D eigenvalue weighted by atomic mass is 10.1. The van der Waals surface area contributed by atoms with Crippen LogP contribution < -0.4 is 4.90 Å². The Morgan fingerprint density at radius 2 is 2.47 bits per heavy atom. The maximum Gasteiger partial charge on any atom is 0.290 e. The number of nitro groups is 1. The van der Waals surface area contributed by atoms with Crippen LogP contribution in [-0.4, -0.2) is 34.7 Å². The third-order valence-electron chi connectivity index (χ3n) is 3.13. The van der Waals surface area contributed by atoms with Gasteiger partial charge in [-0.25, -0.2) is 4.98 Å². The predicted octanol–water partition coefficient (Wildman–Crippen LogP) is 1.12. The van der Waals surface area contributed by atoms with E-state index in [0.717, 1.165) is 25.3 Å². The molecule has 1 unspecified atom stereocenters. The molecular weight excluding hydrogens is 222 g/mol. The van der Waals surface area contributed by atoms with Crippen molar-refractivity contribution in [3.63, 3.8) is 0 Å². The summed E-state index contributed by atoms with van der Waals surface area (Å²) in [5, 5.41) is 19.7. The summed E-state index contributed by atoms with van der Waals surface area (Å²) >= 11 is 0. The molecule has 1 aromatic heterocycles. The zero-order chi connectivity index (χ0) is 12.4. The number of anilines is 1. The highest BCUT2D eigenvalue weighted by Crippen LogP contribution is 2.25. The van der Waals surface area contributed by atoms with Crippen LogP contribution in [0, 0.1) is 23.0 Å². The molecule has 17 heavy (non-hydrogen) atoms. The van der Waals surface area contributed by atoms with Crippen LogP contribution in [0.15, 0.2) is 12.3 Å². The predicted molar refractivity (Wildman–Crippen MR) is 63.0 cm³/mol. The average molecular weight is 237 g/mol. The van der Waals surface area contributed by atoms with E-state index in [1.807, 2.05) is 0 Å². The van der Waals surface area contributed by atoms with Gasteiger partial charge in [0.25, 0.3) is 5.69 Å². The average Bonchev–Trinajstić information content (AvgIpc) is 2.76. The lowest BCUT2D eigenvalue weighted by molar-refractivity contribution is -0.385. The van der Waals surface area contributed by atoms with Crippen molar-refractivity contribution in [3.05, 3.63) is 27.9 Å². The van der Waals surface area contributed by atoms with E-state index in [1.165, 1.54) is 6.20 Å². The van der Waals surface area contributed by atoms with Crippen LogP contribution >= 0.6 is 0 Å². The molecule has 1 N–H and O–H groups in total. The van der Waals surface area contributed by atoms with Gasteiger partial charge in [0.15, 0.2) is 0 Å². The molecule has 0 bridgehead atoms. The molecule has 0 aromatic carbocycles. The molecule has 0 amide bonds. The van der Waals surface area contributed by atoms with Gasteiger partial charge >= 0.3 is 0 Å². The SMILES string of the molecule is Cc1cc(N2CCC(CO)C2)ncc1[N+](=O)[O-]. The highest BCUT2D eigenvalue weighted by Gasteiger charge is 2.23. The van der Waals surface area contributed by atoms with E-state index in [0.29, 0.717) is 5.56 Å². The number of aromatic nitrogens is 1. The minimum atomic E-state index is -0.424. The van der Waals surface area contributed by atoms with Gasteiger partial charge in [0, 0.05) is 31.2 Å². The summed E-state index contributed by atoms with van der Waals surface area (Å²) in [6.45, 7) is 3.50. The number of aliphatic hydroxyl groups excluding tert-OH is 1. The van der Waals surface area contributed by atoms with Crippen molar-refractivity contribution in [1.29, 1.82) is 0 Å². The van der Waals surface area contributed by atoms with Gasteiger partial charge in [-0.1, -0.05) is 0 Å².